The van der Waals surface area contributed by atoms with Gasteiger partial charge in [0.25, 0.3) is 5.56 Å². The summed E-state index contributed by atoms with van der Waals surface area (Å²) >= 11 is 0. The van der Waals surface area contributed by atoms with Gasteiger partial charge in [0.1, 0.15) is 0 Å². The maximum atomic E-state index is 12.1. The number of nitrogens with one attached hydrogen (secondary N) is 1. The van der Waals surface area contributed by atoms with Crippen molar-refractivity contribution in [3.8, 4) is 22.8 Å². The lowest BCUT2D eigenvalue weighted by molar-refractivity contribution is 0.174. The van der Waals surface area contributed by atoms with Crippen LogP contribution in [0.2, 0.25) is 0 Å². The molecule has 0 aliphatic carbocycles. The zero-order valence-electron chi connectivity index (χ0n) is 15.1. The van der Waals surface area contributed by atoms with Gasteiger partial charge in [0.2, 0.25) is 12.7 Å². The highest BCUT2D eigenvalue weighted by molar-refractivity contribution is 5.64. The molecule has 0 atom stereocenters. The van der Waals surface area contributed by atoms with Gasteiger partial charge in [-0.25, -0.2) is 4.98 Å². The fourth-order valence-corrected chi connectivity index (χ4v) is 3.64. The molecule has 142 valence electrons. The minimum Gasteiger partial charge on any atom is -0.454 e. The second-order valence-electron chi connectivity index (χ2n) is 6.96. The van der Waals surface area contributed by atoms with Crippen molar-refractivity contribution in [3.63, 3.8) is 0 Å². The number of hydrogen-bond donors (Lipinski definition) is 2. The van der Waals surface area contributed by atoms with E-state index in [1.165, 1.54) is 0 Å². The molecule has 3 N–H and O–H groups in total. The molecule has 0 amide bonds. The maximum absolute atomic E-state index is 12.1. The van der Waals surface area contributed by atoms with Gasteiger partial charge in [0.15, 0.2) is 11.5 Å². The Bertz CT molecular complexity index is 1090. The van der Waals surface area contributed by atoms with Crippen LogP contribution in [0.5, 0.6) is 11.5 Å². The fraction of sp³-hybridized carbons (Fsp3) is 0.250. The minimum atomic E-state index is -0.150. The summed E-state index contributed by atoms with van der Waals surface area (Å²) in [6.07, 6.45) is 2.59. The van der Waals surface area contributed by atoms with Crippen molar-refractivity contribution in [3.05, 3.63) is 63.7 Å². The lowest BCUT2D eigenvalue weighted by Crippen LogP contribution is -2.35. The summed E-state index contributed by atoms with van der Waals surface area (Å²) in [4.78, 5) is 25.8. The van der Waals surface area contributed by atoms with Gasteiger partial charge in [-0.1, -0.05) is 6.07 Å². The first-order valence-corrected chi connectivity index (χ1v) is 9.10. The number of nitrogens with zero attached hydrogens (tertiary/aromatic N) is 3. The molecule has 1 aromatic carbocycles. The second kappa shape index (κ2) is 6.65. The van der Waals surface area contributed by atoms with E-state index in [2.05, 4.69) is 25.9 Å². The summed E-state index contributed by atoms with van der Waals surface area (Å²) in [5.41, 5.74) is 9.93. The maximum Gasteiger partial charge on any atom is 0.257 e. The predicted octanol–water partition coefficient (Wildman–Crippen LogP) is 1.70. The SMILES string of the molecule is Nc1nc2c(c(=O)[nH]1)CN(Cc1ccc(-c3ccc4c(c3)OCO4)nc1)CC2. The van der Waals surface area contributed by atoms with E-state index in [1.54, 1.807) is 0 Å². The molecule has 0 saturated heterocycles. The van der Waals surface area contributed by atoms with Crippen LogP contribution in [0, 0.1) is 0 Å². The van der Waals surface area contributed by atoms with Crippen LogP contribution in [0.1, 0.15) is 16.8 Å². The van der Waals surface area contributed by atoms with Crippen molar-refractivity contribution >= 4 is 5.95 Å². The van der Waals surface area contributed by atoms with Crippen LogP contribution in [0.4, 0.5) is 5.95 Å². The lowest BCUT2D eigenvalue weighted by atomic mass is 10.1. The number of nitrogens with two attached hydrogens (primary N) is 1. The topological polar surface area (TPSA) is 106 Å². The number of ether oxygens (including phenoxy) is 2. The van der Waals surface area contributed by atoms with Crippen LogP contribution in [0.3, 0.4) is 0 Å². The molecule has 2 aliphatic rings. The first-order valence-electron chi connectivity index (χ1n) is 9.10. The number of nitrogen functional groups attached to an aromatic ring is 1. The molecule has 0 bridgehead atoms. The summed E-state index contributed by atoms with van der Waals surface area (Å²) < 4.78 is 10.8. The highest BCUT2D eigenvalue weighted by atomic mass is 16.7. The van der Waals surface area contributed by atoms with Gasteiger partial charge in [0, 0.05) is 37.8 Å². The third-order valence-corrected chi connectivity index (χ3v) is 5.07. The molecule has 4 heterocycles. The Balaban J connectivity index is 1.31. The van der Waals surface area contributed by atoms with E-state index in [4.69, 9.17) is 15.2 Å². The van der Waals surface area contributed by atoms with Gasteiger partial charge in [-0.2, -0.15) is 0 Å². The third kappa shape index (κ3) is 3.07. The quantitative estimate of drug-likeness (QED) is 0.715. The molecule has 2 aromatic heterocycles. The molecule has 0 radical (unpaired) electrons. The average Bonchev–Trinajstić information content (AvgIpc) is 3.17. The predicted molar refractivity (Wildman–Crippen MR) is 103 cm³/mol. The van der Waals surface area contributed by atoms with Gasteiger partial charge in [-0.15, -0.1) is 0 Å². The van der Waals surface area contributed by atoms with Crippen molar-refractivity contribution in [2.45, 2.75) is 19.5 Å². The zero-order chi connectivity index (χ0) is 19.1. The number of H-pyrrole nitrogens is 1. The van der Waals surface area contributed by atoms with E-state index in [0.29, 0.717) is 18.5 Å². The van der Waals surface area contributed by atoms with Gasteiger partial charge >= 0.3 is 0 Å². The van der Waals surface area contributed by atoms with Crippen molar-refractivity contribution in [1.82, 2.24) is 19.9 Å². The largest absolute Gasteiger partial charge is 0.454 e. The second-order valence-corrected chi connectivity index (χ2v) is 6.96. The Morgan fingerprint density at radius 2 is 2.07 bits per heavy atom. The summed E-state index contributed by atoms with van der Waals surface area (Å²) in [6.45, 7) is 2.36. The standard InChI is InChI=1S/C20H19N5O3/c21-20-23-16-5-6-25(10-14(16)19(26)24-20)9-12-1-3-15(22-8-12)13-2-4-17-18(7-13)28-11-27-17/h1-4,7-8H,5-6,9-11H2,(H3,21,23,24,26). The monoisotopic (exact) mass is 377 g/mol. The smallest absolute Gasteiger partial charge is 0.257 e. The van der Waals surface area contributed by atoms with Crippen LogP contribution in [-0.2, 0) is 19.5 Å². The van der Waals surface area contributed by atoms with E-state index in [9.17, 15) is 4.79 Å². The van der Waals surface area contributed by atoms with Gasteiger partial charge < -0.3 is 15.2 Å². The summed E-state index contributed by atoms with van der Waals surface area (Å²) in [5.74, 6) is 1.69. The molecule has 2 aliphatic heterocycles. The molecule has 0 spiro atoms. The average molecular weight is 377 g/mol. The van der Waals surface area contributed by atoms with Crippen molar-refractivity contribution < 1.29 is 9.47 Å². The summed E-state index contributed by atoms with van der Waals surface area (Å²) in [5, 5.41) is 0. The van der Waals surface area contributed by atoms with Crippen molar-refractivity contribution in [1.29, 1.82) is 0 Å². The first kappa shape index (κ1) is 16.8. The van der Waals surface area contributed by atoms with Gasteiger partial charge in [0.05, 0.1) is 17.0 Å². The highest BCUT2D eigenvalue weighted by Gasteiger charge is 2.21. The molecule has 8 nitrogen and oxygen atoms in total. The van der Waals surface area contributed by atoms with Crippen LogP contribution >= 0.6 is 0 Å². The molecule has 0 fully saturated rings. The fourth-order valence-electron chi connectivity index (χ4n) is 3.64. The van der Waals surface area contributed by atoms with Crippen molar-refractivity contribution in [2.75, 3.05) is 19.1 Å². The molecule has 0 unspecified atom stereocenters. The number of fused-ring (bicyclic) bond motifs is 2. The van der Waals surface area contributed by atoms with E-state index in [0.717, 1.165) is 47.1 Å². The molecule has 0 saturated carbocycles. The summed E-state index contributed by atoms with van der Waals surface area (Å²) in [7, 11) is 0. The van der Waals surface area contributed by atoms with Crippen LogP contribution < -0.4 is 20.8 Å². The van der Waals surface area contributed by atoms with Crippen LogP contribution in [0.15, 0.2) is 41.3 Å². The van der Waals surface area contributed by atoms with Gasteiger partial charge in [-0.3, -0.25) is 19.7 Å². The molecular formula is C20H19N5O3. The summed E-state index contributed by atoms with van der Waals surface area (Å²) in [6, 6.07) is 9.88. The number of benzene rings is 1. The molecule has 28 heavy (non-hydrogen) atoms. The number of anilines is 1. The van der Waals surface area contributed by atoms with Crippen LogP contribution in [-0.4, -0.2) is 33.2 Å². The Morgan fingerprint density at radius 1 is 1.18 bits per heavy atom. The van der Waals surface area contributed by atoms with E-state index >= 15 is 0 Å². The zero-order valence-corrected chi connectivity index (χ0v) is 15.1. The number of hydrogen-bond acceptors (Lipinski definition) is 7. The molecular weight excluding hydrogens is 358 g/mol. The number of aromatic amines is 1. The Morgan fingerprint density at radius 3 is 2.93 bits per heavy atom. The Kier molecular flexibility index (Phi) is 3.98. The number of pyridine rings is 1. The third-order valence-electron chi connectivity index (χ3n) is 5.07. The van der Waals surface area contributed by atoms with Gasteiger partial charge in [-0.05, 0) is 29.8 Å². The van der Waals surface area contributed by atoms with Crippen molar-refractivity contribution in [2.24, 2.45) is 0 Å². The normalized spacial score (nSPS) is 15.4. The molecule has 3 aromatic rings. The highest BCUT2D eigenvalue weighted by Crippen LogP contribution is 2.35. The van der Waals surface area contributed by atoms with E-state index < -0.39 is 0 Å². The first-order chi connectivity index (χ1) is 13.7. The van der Waals surface area contributed by atoms with E-state index in [-0.39, 0.29) is 18.3 Å². The van der Waals surface area contributed by atoms with E-state index in [1.807, 2.05) is 30.5 Å². The Labute approximate surface area is 161 Å². The number of aromatic nitrogens is 3. The molecule has 5 rings (SSSR count). The Hall–Kier alpha value is -3.39. The number of rotatable bonds is 3. The molecule has 8 heteroatoms. The lowest BCUT2D eigenvalue weighted by Gasteiger charge is -2.27. The minimum absolute atomic E-state index is 0.150. The van der Waals surface area contributed by atoms with Crippen LogP contribution in [0.25, 0.3) is 11.3 Å².